The molecule has 0 saturated carbocycles. The maximum atomic E-state index is 10.7. The molecule has 0 bridgehead atoms. The van der Waals surface area contributed by atoms with Gasteiger partial charge in [0.1, 0.15) is 0 Å². The van der Waals surface area contributed by atoms with E-state index in [1.54, 1.807) is 18.2 Å². The van der Waals surface area contributed by atoms with E-state index >= 15 is 0 Å². The summed E-state index contributed by atoms with van der Waals surface area (Å²) in [6.07, 6.45) is 3.05. The molecule has 0 aliphatic rings. The van der Waals surface area contributed by atoms with Gasteiger partial charge in [-0.05, 0) is 6.07 Å². The molecule has 1 rings (SSSR count). The first-order chi connectivity index (χ1) is 8.00. The van der Waals surface area contributed by atoms with Crippen molar-refractivity contribution in [3.63, 3.8) is 0 Å². The summed E-state index contributed by atoms with van der Waals surface area (Å²) in [5.41, 5.74) is 11.0. The highest BCUT2D eigenvalue weighted by atomic mass is 16.6. The minimum Gasteiger partial charge on any atom is -0.370 e. The molecule has 0 spiro atoms. The number of nitrogens with two attached hydrogens (primary N) is 2. The molecule has 17 heavy (non-hydrogen) atoms. The van der Waals surface area contributed by atoms with Crippen molar-refractivity contribution < 1.29 is 9.72 Å². The second-order valence-corrected chi connectivity index (χ2v) is 3.51. The number of amides is 1. The molecule has 0 aromatic heterocycles. The van der Waals surface area contributed by atoms with Crippen LogP contribution >= 0.6 is 0 Å². The summed E-state index contributed by atoms with van der Waals surface area (Å²) >= 11 is 0. The molecular formula is C11H13N3O3. The number of primary amides is 1. The second-order valence-electron chi connectivity index (χ2n) is 3.51. The van der Waals surface area contributed by atoms with Crippen LogP contribution in [0.5, 0.6) is 0 Å². The van der Waals surface area contributed by atoms with Gasteiger partial charge in [-0.3, -0.25) is 14.9 Å². The Balaban J connectivity index is 2.84. The smallest absolute Gasteiger partial charge is 0.276 e. The third-order valence-corrected chi connectivity index (χ3v) is 2.09. The average Bonchev–Trinajstić information content (AvgIpc) is 2.25. The zero-order valence-electron chi connectivity index (χ0n) is 9.08. The molecule has 4 N–H and O–H groups in total. The third-order valence-electron chi connectivity index (χ3n) is 2.09. The highest BCUT2D eigenvalue weighted by Gasteiger charge is 2.10. The summed E-state index contributed by atoms with van der Waals surface area (Å²) in [4.78, 5) is 20.8. The molecule has 0 fully saturated rings. The lowest BCUT2D eigenvalue weighted by molar-refractivity contribution is -0.385. The SMILES string of the molecule is NC(=O)CC(N)/C=C/c1ccccc1[N+](=O)[O-]. The van der Waals surface area contributed by atoms with Crippen molar-refractivity contribution in [2.45, 2.75) is 12.5 Å². The van der Waals surface area contributed by atoms with E-state index in [1.807, 2.05) is 0 Å². The molecule has 0 aliphatic heterocycles. The number of nitro benzene ring substituents is 1. The first kappa shape index (κ1) is 12.9. The summed E-state index contributed by atoms with van der Waals surface area (Å²) in [5.74, 6) is -0.510. The normalized spacial score (nSPS) is 12.5. The number of benzene rings is 1. The van der Waals surface area contributed by atoms with E-state index in [1.165, 1.54) is 18.2 Å². The number of rotatable bonds is 5. The zero-order chi connectivity index (χ0) is 12.8. The molecule has 0 radical (unpaired) electrons. The fourth-order valence-electron chi connectivity index (χ4n) is 1.32. The zero-order valence-corrected chi connectivity index (χ0v) is 9.08. The van der Waals surface area contributed by atoms with E-state index in [0.29, 0.717) is 5.56 Å². The molecule has 6 nitrogen and oxygen atoms in total. The Morgan fingerprint density at radius 1 is 1.47 bits per heavy atom. The topological polar surface area (TPSA) is 112 Å². The minimum atomic E-state index is -0.535. The van der Waals surface area contributed by atoms with Gasteiger partial charge in [0.05, 0.1) is 10.5 Å². The van der Waals surface area contributed by atoms with Crippen molar-refractivity contribution >= 4 is 17.7 Å². The van der Waals surface area contributed by atoms with Crippen LogP contribution in [0.1, 0.15) is 12.0 Å². The van der Waals surface area contributed by atoms with Gasteiger partial charge >= 0.3 is 0 Å². The summed E-state index contributed by atoms with van der Waals surface area (Å²) in [7, 11) is 0. The number of carbonyl (C=O) groups is 1. The first-order valence-electron chi connectivity index (χ1n) is 4.96. The molecule has 6 heteroatoms. The lowest BCUT2D eigenvalue weighted by atomic mass is 10.1. The molecule has 0 aliphatic carbocycles. The summed E-state index contributed by atoms with van der Waals surface area (Å²) in [5, 5.41) is 10.7. The number of carbonyl (C=O) groups excluding carboxylic acids is 1. The van der Waals surface area contributed by atoms with E-state index in [4.69, 9.17) is 11.5 Å². The summed E-state index contributed by atoms with van der Waals surface area (Å²) in [6, 6.07) is 5.74. The molecule has 1 atom stereocenters. The van der Waals surface area contributed by atoms with Crippen LogP contribution in [0.3, 0.4) is 0 Å². The fraction of sp³-hybridized carbons (Fsp3) is 0.182. The molecule has 0 saturated heterocycles. The van der Waals surface area contributed by atoms with Crippen LogP contribution in [0.2, 0.25) is 0 Å². The van der Waals surface area contributed by atoms with Gasteiger partial charge in [0.2, 0.25) is 5.91 Å². The average molecular weight is 235 g/mol. The van der Waals surface area contributed by atoms with Gasteiger partial charge in [0.15, 0.2) is 0 Å². The van der Waals surface area contributed by atoms with Crippen LogP contribution in [0, 0.1) is 10.1 Å². The van der Waals surface area contributed by atoms with Crippen molar-refractivity contribution in [3.05, 3.63) is 46.0 Å². The quantitative estimate of drug-likeness (QED) is 0.580. The third kappa shape index (κ3) is 4.04. The summed E-state index contributed by atoms with van der Waals surface area (Å²) in [6.45, 7) is 0. The number of nitrogens with zero attached hydrogens (tertiary/aromatic N) is 1. The van der Waals surface area contributed by atoms with Crippen molar-refractivity contribution in [2.75, 3.05) is 0 Å². The van der Waals surface area contributed by atoms with Crippen LogP contribution in [0.15, 0.2) is 30.3 Å². The summed E-state index contributed by atoms with van der Waals surface area (Å²) < 4.78 is 0. The Hall–Kier alpha value is -2.21. The predicted molar refractivity (Wildman–Crippen MR) is 63.9 cm³/mol. The van der Waals surface area contributed by atoms with Crippen molar-refractivity contribution in [2.24, 2.45) is 11.5 Å². The minimum absolute atomic E-state index is 0.00461. The van der Waals surface area contributed by atoms with E-state index in [9.17, 15) is 14.9 Å². The van der Waals surface area contributed by atoms with Crippen LogP contribution in [-0.4, -0.2) is 16.9 Å². The lowest BCUT2D eigenvalue weighted by Gasteiger charge is -2.02. The number of hydrogen-bond acceptors (Lipinski definition) is 4. The Morgan fingerprint density at radius 3 is 2.71 bits per heavy atom. The van der Waals surface area contributed by atoms with Crippen LogP contribution in [-0.2, 0) is 4.79 Å². The van der Waals surface area contributed by atoms with Gasteiger partial charge in [0, 0.05) is 18.5 Å². The Labute approximate surface area is 98.1 Å². The Morgan fingerprint density at radius 2 is 2.12 bits per heavy atom. The van der Waals surface area contributed by atoms with E-state index in [2.05, 4.69) is 0 Å². The molecule has 1 aromatic rings. The van der Waals surface area contributed by atoms with Crippen LogP contribution in [0.4, 0.5) is 5.69 Å². The second kappa shape index (κ2) is 5.76. The van der Waals surface area contributed by atoms with Gasteiger partial charge in [-0.25, -0.2) is 0 Å². The highest BCUT2D eigenvalue weighted by molar-refractivity contribution is 5.75. The molecule has 0 heterocycles. The van der Waals surface area contributed by atoms with E-state index in [0.717, 1.165) is 0 Å². The molecule has 1 amide bonds. The van der Waals surface area contributed by atoms with Gasteiger partial charge in [0.25, 0.3) is 5.69 Å². The van der Waals surface area contributed by atoms with E-state index < -0.39 is 16.9 Å². The maximum absolute atomic E-state index is 10.7. The molecule has 1 aromatic carbocycles. The highest BCUT2D eigenvalue weighted by Crippen LogP contribution is 2.19. The molecule has 1 unspecified atom stereocenters. The number of para-hydroxylation sites is 1. The lowest BCUT2D eigenvalue weighted by Crippen LogP contribution is -2.25. The number of hydrogen-bond donors (Lipinski definition) is 2. The fourth-order valence-corrected chi connectivity index (χ4v) is 1.32. The van der Waals surface area contributed by atoms with Gasteiger partial charge in [-0.2, -0.15) is 0 Å². The van der Waals surface area contributed by atoms with Gasteiger partial charge in [-0.1, -0.05) is 24.3 Å². The number of nitro groups is 1. The van der Waals surface area contributed by atoms with Crippen molar-refractivity contribution in [1.29, 1.82) is 0 Å². The van der Waals surface area contributed by atoms with Crippen molar-refractivity contribution in [1.82, 2.24) is 0 Å². The van der Waals surface area contributed by atoms with Gasteiger partial charge in [-0.15, -0.1) is 0 Å². The Bertz CT molecular complexity index is 457. The first-order valence-corrected chi connectivity index (χ1v) is 4.96. The van der Waals surface area contributed by atoms with Crippen molar-refractivity contribution in [3.8, 4) is 0 Å². The van der Waals surface area contributed by atoms with Crippen LogP contribution < -0.4 is 11.5 Å². The monoisotopic (exact) mass is 235 g/mol. The Kier molecular flexibility index (Phi) is 4.36. The van der Waals surface area contributed by atoms with Gasteiger partial charge < -0.3 is 11.5 Å². The largest absolute Gasteiger partial charge is 0.370 e. The standard InChI is InChI=1S/C11H13N3O3/c12-9(7-11(13)15)6-5-8-3-1-2-4-10(8)14(16)17/h1-6,9H,7,12H2,(H2,13,15)/b6-5+. The molecular weight excluding hydrogens is 222 g/mol. The van der Waals surface area contributed by atoms with Crippen LogP contribution in [0.25, 0.3) is 6.08 Å². The van der Waals surface area contributed by atoms with E-state index in [-0.39, 0.29) is 12.1 Å². The maximum Gasteiger partial charge on any atom is 0.276 e. The molecule has 90 valence electrons. The predicted octanol–water partition coefficient (Wildman–Crippen LogP) is 0.811.